The summed E-state index contributed by atoms with van der Waals surface area (Å²) in [6, 6.07) is 3.18. The van der Waals surface area contributed by atoms with Crippen LogP contribution in [0.4, 0.5) is 5.69 Å². The zero-order valence-electron chi connectivity index (χ0n) is 9.17. The van der Waals surface area contributed by atoms with E-state index in [4.69, 9.17) is 16.3 Å². The maximum absolute atomic E-state index is 12.0. The lowest BCUT2D eigenvalue weighted by molar-refractivity contribution is -0.114. The van der Waals surface area contributed by atoms with E-state index in [0.717, 1.165) is 12.8 Å². The van der Waals surface area contributed by atoms with Gasteiger partial charge in [0.15, 0.2) is 5.60 Å². The number of rotatable bonds is 1. The Morgan fingerprint density at radius 1 is 1.47 bits per heavy atom. The van der Waals surface area contributed by atoms with Crippen molar-refractivity contribution in [3.8, 4) is 5.75 Å². The fraction of sp³-hybridized carbons (Fsp3) is 0.333. The van der Waals surface area contributed by atoms with Crippen LogP contribution in [-0.4, -0.2) is 17.3 Å². The first kappa shape index (κ1) is 10.6. The van der Waals surface area contributed by atoms with Crippen LogP contribution < -0.4 is 10.1 Å². The van der Waals surface area contributed by atoms with Crippen molar-refractivity contribution in [2.24, 2.45) is 0 Å². The Labute approximate surface area is 103 Å². The molecular weight excluding hydrogens is 242 g/mol. The number of amides is 1. The van der Waals surface area contributed by atoms with Crippen LogP contribution in [0, 0.1) is 0 Å². The maximum atomic E-state index is 12.0. The number of halogens is 1. The van der Waals surface area contributed by atoms with E-state index < -0.39 is 5.60 Å². The Hall–Kier alpha value is -1.55. The van der Waals surface area contributed by atoms with Gasteiger partial charge in [0.05, 0.1) is 16.3 Å². The highest BCUT2D eigenvalue weighted by molar-refractivity contribution is 6.34. The van der Waals surface area contributed by atoms with Gasteiger partial charge in [0.25, 0.3) is 0 Å². The van der Waals surface area contributed by atoms with E-state index in [0.29, 0.717) is 22.0 Å². The molecule has 0 aromatic heterocycles. The molecule has 1 heterocycles. The van der Waals surface area contributed by atoms with Gasteiger partial charge in [0.2, 0.25) is 11.7 Å². The first-order chi connectivity index (χ1) is 8.02. The number of ether oxygens (including phenoxy) is 1. The number of benzene rings is 1. The summed E-state index contributed by atoms with van der Waals surface area (Å²) in [7, 11) is 0. The molecule has 1 aliphatic carbocycles. The zero-order chi connectivity index (χ0) is 12.2. The Morgan fingerprint density at radius 2 is 2.18 bits per heavy atom. The number of fused-ring (bicyclic) bond motifs is 1. The van der Waals surface area contributed by atoms with E-state index >= 15 is 0 Å². The maximum Gasteiger partial charge on any atom is 0.221 e. The van der Waals surface area contributed by atoms with Crippen molar-refractivity contribution in [1.82, 2.24) is 0 Å². The number of carbonyl (C=O) groups is 2. The van der Waals surface area contributed by atoms with Crippen molar-refractivity contribution < 1.29 is 14.3 Å². The Balaban J connectivity index is 2.04. The molecular formula is C12H10ClNO3. The van der Waals surface area contributed by atoms with Gasteiger partial charge in [0, 0.05) is 13.0 Å². The predicted molar refractivity (Wildman–Crippen MR) is 62.7 cm³/mol. The summed E-state index contributed by atoms with van der Waals surface area (Å²) in [6.07, 6.45) is 1.52. The molecule has 1 aromatic carbocycles. The van der Waals surface area contributed by atoms with Crippen molar-refractivity contribution in [3.05, 3.63) is 22.7 Å². The monoisotopic (exact) mass is 251 g/mol. The van der Waals surface area contributed by atoms with Crippen LogP contribution in [-0.2, 0) is 4.79 Å². The average molecular weight is 252 g/mol. The summed E-state index contributed by atoms with van der Waals surface area (Å²) in [6.45, 7) is 1.40. The quantitative estimate of drug-likeness (QED) is 0.834. The molecule has 5 heteroatoms. The fourth-order valence-electron chi connectivity index (χ4n) is 2.05. The van der Waals surface area contributed by atoms with Gasteiger partial charge in [-0.1, -0.05) is 11.6 Å². The normalized spacial score (nSPS) is 18.8. The van der Waals surface area contributed by atoms with Crippen LogP contribution in [0.2, 0.25) is 5.02 Å². The second-order valence-corrected chi connectivity index (χ2v) is 4.84. The van der Waals surface area contributed by atoms with Gasteiger partial charge in [-0.25, -0.2) is 0 Å². The molecule has 0 radical (unpaired) electrons. The summed E-state index contributed by atoms with van der Waals surface area (Å²) in [5, 5.41) is 2.96. The van der Waals surface area contributed by atoms with Gasteiger partial charge in [0.1, 0.15) is 5.75 Å². The molecule has 0 unspecified atom stereocenters. The van der Waals surface area contributed by atoms with Gasteiger partial charge in [-0.15, -0.1) is 0 Å². The topological polar surface area (TPSA) is 55.4 Å². The van der Waals surface area contributed by atoms with E-state index in [1.54, 1.807) is 12.1 Å². The third-order valence-electron chi connectivity index (χ3n) is 3.05. The summed E-state index contributed by atoms with van der Waals surface area (Å²) in [5.41, 5.74) is 0.366. The predicted octanol–water partition coefficient (Wildman–Crippen LogP) is 2.41. The zero-order valence-corrected chi connectivity index (χ0v) is 9.93. The lowest BCUT2D eigenvalue weighted by Gasteiger charge is -2.07. The molecule has 1 amide bonds. The van der Waals surface area contributed by atoms with Crippen molar-refractivity contribution >= 4 is 29.0 Å². The van der Waals surface area contributed by atoms with Gasteiger partial charge >= 0.3 is 0 Å². The Morgan fingerprint density at radius 3 is 2.76 bits per heavy atom. The van der Waals surface area contributed by atoms with Gasteiger partial charge in [-0.05, 0) is 18.9 Å². The highest BCUT2D eigenvalue weighted by Crippen LogP contribution is 2.51. The van der Waals surface area contributed by atoms with Crippen LogP contribution >= 0.6 is 11.6 Å². The molecule has 1 spiro atoms. The lowest BCUT2D eigenvalue weighted by atomic mass is 10.1. The average Bonchev–Trinajstić information content (AvgIpc) is 2.96. The van der Waals surface area contributed by atoms with E-state index in [9.17, 15) is 9.59 Å². The van der Waals surface area contributed by atoms with E-state index in [2.05, 4.69) is 5.32 Å². The van der Waals surface area contributed by atoms with E-state index in [1.165, 1.54) is 6.92 Å². The van der Waals surface area contributed by atoms with Crippen LogP contribution in [0.1, 0.15) is 30.1 Å². The second kappa shape index (κ2) is 3.23. The van der Waals surface area contributed by atoms with E-state index in [-0.39, 0.29) is 11.7 Å². The molecule has 17 heavy (non-hydrogen) atoms. The van der Waals surface area contributed by atoms with E-state index in [1.807, 2.05) is 0 Å². The van der Waals surface area contributed by atoms with Crippen molar-refractivity contribution in [3.63, 3.8) is 0 Å². The van der Waals surface area contributed by atoms with Crippen LogP contribution in [0.5, 0.6) is 5.75 Å². The van der Waals surface area contributed by atoms with Crippen LogP contribution in [0.15, 0.2) is 12.1 Å². The van der Waals surface area contributed by atoms with Crippen LogP contribution in [0.3, 0.4) is 0 Å². The molecule has 4 nitrogen and oxygen atoms in total. The summed E-state index contributed by atoms with van der Waals surface area (Å²) in [4.78, 5) is 23.0. The number of anilines is 1. The molecule has 88 valence electrons. The Bertz CT molecular complexity index is 549. The Kier molecular flexibility index (Phi) is 2.01. The first-order valence-electron chi connectivity index (χ1n) is 5.37. The number of hydrogen-bond acceptors (Lipinski definition) is 3. The molecule has 0 atom stereocenters. The number of nitrogens with one attached hydrogen (secondary N) is 1. The third-order valence-corrected chi connectivity index (χ3v) is 3.36. The highest BCUT2D eigenvalue weighted by atomic mass is 35.5. The fourth-order valence-corrected chi connectivity index (χ4v) is 2.26. The van der Waals surface area contributed by atoms with Crippen molar-refractivity contribution in [1.29, 1.82) is 0 Å². The summed E-state index contributed by atoms with van der Waals surface area (Å²) in [5.74, 6) is 0.307. The largest absolute Gasteiger partial charge is 0.478 e. The molecule has 3 rings (SSSR count). The molecule has 1 fully saturated rings. The minimum absolute atomic E-state index is 0.00350. The highest BCUT2D eigenvalue weighted by Gasteiger charge is 2.57. The SMILES string of the molecule is CC(=O)Nc1cc2c(cc1Cl)C(=O)C1(CC1)O2. The molecule has 1 N–H and O–H groups in total. The molecule has 0 saturated heterocycles. The molecule has 1 aliphatic heterocycles. The summed E-state index contributed by atoms with van der Waals surface area (Å²) >= 11 is 6.01. The second-order valence-electron chi connectivity index (χ2n) is 4.43. The minimum atomic E-state index is -0.624. The minimum Gasteiger partial charge on any atom is -0.478 e. The molecule has 1 aromatic rings. The molecule has 0 bridgehead atoms. The standard InChI is InChI=1S/C12H10ClNO3/c1-6(15)14-9-5-10-7(4-8(9)13)11(16)12(17-10)2-3-12/h4-5H,2-3H2,1H3,(H,14,15). The van der Waals surface area contributed by atoms with Gasteiger partial charge < -0.3 is 10.1 Å². The van der Waals surface area contributed by atoms with Gasteiger partial charge in [-0.2, -0.15) is 0 Å². The number of carbonyl (C=O) groups excluding carboxylic acids is 2. The number of Topliss-reactive ketones (excluding diaryl/α,β-unsaturated/α-hetero) is 1. The lowest BCUT2D eigenvalue weighted by Crippen LogP contribution is -2.21. The van der Waals surface area contributed by atoms with Crippen LogP contribution in [0.25, 0.3) is 0 Å². The number of hydrogen-bond donors (Lipinski definition) is 1. The van der Waals surface area contributed by atoms with Gasteiger partial charge in [-0.3, -0.25) is 9.59 Å². The molecule has 2 aliphatic rings. The summed E-state index contributed by atoms with van der Waals surface area (Å²) < 4.78 is 5.64. The van der Waals surface area contributed by atoms with Crippen molar-refractivity contribution in [2.45, 2.75) is 25.4 Å². The van der Waals surface area contributed by atoms with Crippen molar-refractivity contribution in [2.75, 3.05) is 5.32 Å². The first-order valence-corrected chi connectivity index (χ1v) is 5.75. The number of ketones is 1. The molecule has 1 saturated carbocycles. The smallest absolute Gasteiger partial charge is 0.221 e. The third kappa shape index (κ3) is 1.52.